The van der Waals surface area contributed by atoms with Crippen LogP contribution in [0.5, 0.6) is 0 Å². The highest BCUT2D eigenvalue weighted by atomic mass is 16.2. The molecule has 6 nitrogen and oxygen atoms in total. The van der Waals surface area contributed by atoms with E-state index in [0.717, 1.165) is 11.1 Å². The summed E-state index contributed by atoms with van der Waals surface area (Å²) in [5.41, 5.74) is 7.85. The predicted octanol–water partition coefficient (Wildman–Crippen LogP) is 2.41. The van der Waals surface area contributed by atoms with E-state index in [2.05, 4.69) is 18.7 Å². The minimum atomic E-state index is -0.410. The summed E-state index contributed by atoms with van der Waals surface area (Å²) in [6, 6.07) is 17.2. The van der Waals surface area contributed by atoms with Crippen LogP contribution < -0.4 is 5.73 Å². The smallest absolute Gasteiger partial charge is 0.235 e. The monoisotopic (exact) mass is 404 g/mol. The van der Waals surface area contributed by atoms with E-state index in [1.54, 1.807) is 0 Å². The van der Waals surface area contributed by atoms with Gasteiger partial charge in [-0.25, -0.2) is 0 Å². The zero-order valence-electron chi connectivity index (χ0n) is 17.6. The highest BCUT2D eigenvalue weighted by Gasteiger charge is 2.64. The average Bonchev–Trinajstić information content (AvgIpc) is 3.08. The number of amidine groups is 1. The fourth-order valence-corrected chi connectivity index (χ4v) is 5.02. The number of likely N-dealkylation sites (N-methyl/N-ethyl adjacent to an activating group) is 1. The maximum absolute atomic E-state index is 13.4. The Bertz CT molecular complexity index is 984. The van der Waals surface area contributed by atoms with Gasteiger partial charge < -0.3 is 5.73 Å². The average molecular weight is 405 g/mol. The van der Waals surface area contributed by atoms with Gasteiger partial charge >= 0.3 is 0 Å². The largest absolute Gasteiger partial charge is 0.384 e. The van der Waals surface area contributed by atoms with Crippen molar-refractivity contribution in [1.29, 1.82) is 5.41 Å². The van der Waals surface area contributed by atoms with Gasteiger partial charge in [0.05, 0.1) is 18.4 Å². The van der Waals surface area contributed by atoms with Crippen LogP contribution in [-0.4, -0.2) is 46.1 Å². The maximum atomic E-state index is 13.4. The van der Waals surface area contributed by atoms with E-state index in [9.17, 15) is 9.59 Å². The van der Waals surface area contributed by atoms with Crippen LogP contribution in [0.25, 0.3) is 0 Å². The van der Waals surface area contributed by atoms with Gasteiger partial charge in [-0.1, -0.05) is 54.6 Å². The molecule has 0 aromatic heterocycles. The highest BCUT2D eigenvalue weighted by Crippen LogP contribution is 2.48. The number of nitrogen functional groups attached to an aromatic ring is 1. The summed E-state index contributed by atoms with van der Waals surface area (Å²) in [7, 11) is 2.01. The number of likely N-dealkylation sites (tertiary alicyclic amines) is 2. The quantitative estimate of drug-likeness (QED) is 0.455. The van der Waals surface area contributed by atoms with E-state index in [-0.39, 0.29) is 35.5 Å². The first-order valence-electron chi connectivity index (χ1n) is 10.3. The number of fused-ring (bicyclic) bond motifs is 1. The van der Waals surface area contributed by atoms with E-state index in [0.29, 0.717) is 18.5 Å². The summed E-state index contributed by atoms with van der Waals surface area (Å²) in [5.74, 6) is -0.806. The maximum Gasteiger partial charge on any atom is 0.235 e. The topological polar surface area (TPSA) is 90.5 Å². The minimum Gasteiger partial charge on any atom is -0.384 e. The van der Waals surface area contributed by atoms with Gasteiger partial charge in [-0.15, -0.1) is 0 Å². The van der Waals surface area contributed by atoms with Crippen LogP contribution in [0, 0.1) is 17.2 Å². The van der Waals surface area contributed by atoms with Gasteiger partial charge in [0.1, 0.15) is 5.84 Å². The van der Waals surface area contributed by atoms with Crippen molar-refractivity contribution in [3.8, 4) is 0 Å². The van der Waals surface area contributed by atoms with Crippen LogP contribution in [0.3, 0.4) is 0 Å². The molecule has 2 heterocycles. The molecule has 30 heavy (non-hydrogen) atoms. The first-order chi connectivity index (χ1) is 14.2. The number of hydrogen-bond acceptors (Lipinski definition) is 4. The Hall–Kier alpha value is -2.99. The lowest BCUT2D eigenvalue weighted by Gasteiger charge is -2.36. The van der Waals surface area contributed by atoms with Crippen LogP contribution in [0.2, 0.25) is 0 Å². The lowest BCUT2D eigenvalue weighted by Crippen LogP contribution is -2.48. The molecule has 0 spiro atoms. The molecule has 2 aliphatic rings. The van der Waals surface area contributed by atoms with Gasteiger partial charge in [0, 0.05) is 17.1 Å². The molecule has 2 saturated heterocycles. The Morgan fingerprint density at radius 2 is 1.63 bits per heavy atom. The first-order valence-corrected chi connectivity index (χ1v) is 10.3. The zero-order valence-corrected chi connectivity index (χ0v) is 17.6. The first kappa shape index (κ1) is 20.3. The molecule has 0 radical (unpaired) electrons. The summed E-state index contributed by atoms with van der Waals surface area (Å²) in [6.07, 6.45) is 0.664. The van der Waals surface area contributed by atoms with Crippen molar-refractivity contribution >= 4 is 17.6 Å². The fraction of sp³-hybridized carbons (Fsp3) is 0.375. The summed E-state index contributed by atoms with van der Waals surface area (Å²) >= 11 is 0. The second-order valence-corrected chi connectivity index (χ2v) is 8.90. The van der Waals surface area contributed by atoms with E-state index in [1.165, 1.54) is 4.90 Å². The minimum absolute atomic E-state index is 0.0360. The fourth-order valence-electron chi connectivity index (χ4n) is 5.02. The van der Waals surface area contributed by atoms with Crippen molar-refractivity contribution in [2.24, 2.45) is 17.6 Å². The van der Waals surface area contributed by atoms with Gasteiger partial charge in [-0.2, -0.15) is 0 Å². The summed E-state index contributed by atoms with van der Waals surface area (Å²) in [4.78, 5) is 30.4. The molecule has 4 rings (SSSR count). The third-order valence-electron chi connectivity index (χ3n) is 6.92. The molecule has 2 amide bonds. The van der Waals surface area contributed by atoms with E-state index >= 15 is 0 Å². The molecule has 0 aliphatic carbocycles. The SMILES string of the molecule is CN1[C@H](Cc2ccc(C(=N)N)cc2)[C@@H]2C(=O)N(Cc3ccccc3)C(=O)[C@@H]2C1(C)C. The van der Waals surface area contributed by atoms with Crippen LogP contribution in [0.1, 0.15) is 30.5 Å². The van der Waals surface area contributed by atoms with Crippen molar-refractivity contribution in [2.45, 2.75) is 38.4 Å². The number of carbonyl (C=O) groups excluding carboxylic acids is 2. The van der Waals surface area contributed by atoms with Gasteiger partial charge in [-0.05, 0) is 38.4 Å². The number of nitrogens with zero attached hydrogens (tertiary/aromatic N) is 2. The number of amides is 2. The predicted molar refractivity (Wildman–Crippen MR) is 116 cm³/mol. The molecule has 3 atom stereocenters. The van der Waals surface area contributed by atoms with Crippen molar-refractivity contribution < 1.29 is 9.59 Å². The lowest BCUT2D eigenvalue weighted by atomic mass is 9.81. The van der Waals surface area contributed by atoms with Gasteiger partial charge in [-0.3, -0.25) is 24.8 Å². The number of nitrogens with one attached hydrogen (secondary N) is 1. The number of hydrogen-bond donors (Lipinski definition) is 2. The van der Waals surface area contributed by atoms with Crippen molar-refractivity contribution in [3.05, 3.63) is 71.3 Å². The Labute approximate surface area is 177 Å². The molecule has 6 heteroatoms. The number of rotatable bonds is 5. The number of nitrogens with two attached hydrogens (primary N) is 1. The molecule has 2 aromatic rings. The van der Waals surface area contributed by atoms with E-state index < -0.39 is 5.54 Å². The standard InChI is InChI=1S/C24H28N4O2/c1-24(2)20-19(22(29)28(23(20)30)14-16-7-5-4-6-8-16)18(27(24)3)13-15-9-11-17(12-10-15)21(25)26/h4-12,18-20H,13-14H2,1-3H3,(H3,25,26)/t18-,19+,20-/m1/s1. The Balaban J connectivity index is 1.62. The number of imide groups is 1. The van der Waals surface area contributed by atoms with E-state index in [4.69, 9.17) is 11.1 Å². The number of carbonyl (C=O) groups is 2. The van der Waals surface area contributed by atoms with Crippen LogP contribution >= 0.6 is 0 Å². The number of benzene rings is 2. The van der Waals surface area contributed by atoms with Gasteiger partial charge in [0.2, 0.25) is 11.8 Å². The Kier molecular flexibility index (Phi) is 4.98. The zero-order chi connectivity index (χ0) is 21.6. The molecular formula is C24H28N4O2. The third kappa shape index (κ3) is 3.21. The lowest BCUT2D eigenvalue weighted by molar-refractivity contribution is -0.142. The molecule has 2 aromatic carbocycles. The molecule has 2 aliphatic heterocycles. The van der Waals surface area contributed by atoms with Crippen molar-refractivity contribution in [1.82, 2.24) is 9.80 Å². The molecule has 0 unspecified atom stereocenters. The second-order valence-electron chi connectivity index (χ2n) is 8.90. The molecule has 2 fully saturated rings. The summed E-state index contributed by atoms with van der Waals surface area (Å²) < 4.78 is 0. The van der Waals surface area contributed by atoms with Crippen LogP contribution in [0.15, 0.2) is 54.6 Å². The van der Waals surface area contributed by atoms with E-state index in [1.807, 2.05) is 61.6 Å². The van der Waals surface area contributed by atoms with Crippen LogP contribution in [0.4, 0.5) is 0 Å². The Morgan fingerprint density at radius 3 is 2.23 bits per heavy atom. The molecular weight excluding hydrogens is 376 g/mol. The van der Waals surface area contributed by atoms with Crippen molar-refractivity contribution in [3.63, 3.8) is 0 Å². The Morgan fingerprint density at radius 1 is 1.00 bits per heavy atom. The molecule has 0 saturated carbocycles. The van der Waals surface area contributed by atoms with Gasteiger partial charge in [0.25, 0.3) is 0 Å². The molecule has 3 N–H and O–H groups in total. The summed E-state index contributed by atoms with van der Waals surface area (Å²) in [5, 5.41) is 7.56. The second kappa shape index (κ2) is 7.36. The van der Waals surface area contributed by atoms with Gasteiger partial charge in [0.15, 0.2) is 0 Å². The normalized spacial score (nSPS) is 25.6. The molecule has 0 bridgehead atoms. The summed E-state index contributed by atoms with van der Waals surface area (Å²) in [6.45, 7) is 4.44. The third-order valence-corrected chi connectivity index (χ3v) is 6.92. The highest BCUT2D eigenvalue weighted by molar-refractivity contribution is 6.06. The van der Waals surface area contributed by atoms with Crippen molar-refractivity contribution in [2.75, 3.05) is 7.05 Å². The van der Waals surface area contributed by atoms with Crippen LogP contribution in [-0.2, 0) is 22.6 Å². The molecule has 156 valence electrons.